The fraction of sp³-hybridized carbons (Fsp3) is 0.933. The molecule has 0 saturated carbocycles. The van der Waals surface area contributed by atoms with Gasteiger partial charge in [-0.2, -0.15) is 0 Å². The molecule has 0 bridgehead atoms. The molecule has 1 amide bonds. The molecule has 0 aromatic heterocycles. The minimum Gasteiger partial charge on any atom is -0.385 e. The number of likely N-dealkylation sites (tertiary alicyclic amines) is 1. The van der Waals surface area contributed by atoms with Crippen LogP contribution in [0.15, 0.2) is 0 Å². The lowest BCUT2D eigenvalue weighted by molar-refractivity contribution is -0.123. The molecule has 1 heterocycles. The van der Waals surface area contributed by atoms with Crippen molar-refractivity contribution >= 4 is 5.91 Å². The highest BCUT2D eigenvalue weighted by molar-refractivity contribution is 5.78. The van der Waals surface area contributed by atoms with Crippen LogP contribution in [0.5, 0.6) is 0 Å². The van der Waals surface area contributed by atoms with Crippen LogP contribution in [-0.4, -0.2) is 50.2 Å². The lowest BCUT2D eigenvalue weighted by Crippen LogP contribution is -2.43. The van der Waals surface area contributed by atoms with Crippen molar-refractivity contribution in [3.63, 3.8) is 0 Å². The van der Waals surface area contributed by atoms with Gasteiger partial charge in [0.2, 0.25) is 5.91 Å². The van der Waals surface area contributed by atoms with E-state index in [-0.39, 0.29) is 11.9 Å². The zero-order valence-electron chi connectivity index (χ0n) is 12.9. The molecule has 1 unspecified atom stereocenters. The third kappa shape index (κ3) is 6.39. The molecule has 4 nitrogen and oxygen atoms in total. The number of carbonyl (C=O) groups is 1. The average Bonchev–Trinajstić information content (AvgIpc) is 2.35. The first-order valence-corrected chi connectivity index (χ1v) is 7.53. The van der Waals surface area contributed by atoms with Gasteiger partial charge in [0, 0.05) is 19.8 Å². The molecule has 1 saturated heterocycles. The predicted octanol–water partition coefficient (Wildman–Crippen LogP) is 1.90. The maximum Gasteiger partial charge on any atom is 0.234 e. The Morgan fingerprint density at radius 2 is 1.95 bits per heavy atom. The first-order valence-electron chi connectivity index (χ1n) is 7.53. The number of amides is 1. The van der Waals surface area contributed by atoms with Gasteiger partial charge in [-0.05, 0) is 58.0 Å². The van der Waals surface area contributed by atoms with E-state index in [2.05, 4.69) is 17.1 Å². The molecule has 19 heavy (non-hydrogen) atoms. The van der Waals surface area contributed by atoms with Gasteiger partial charge in [0.1, 0.15) is 0 Å². The molecule has 112 valence electrons. The van der Waals surface area contributed by atoms with Gasteiger partial charge < -0.3 is 10.1 Å². The zero-order valence-corrected chi connectivity index (χ0v) is 12.9. The average molecular weight is 270 g/mol. The number of nitrogens with zero attached hydrogens (tertiary/aromatic N) is 1. The van der Waals surface area contributed by atoms with Gasteiger partial charge in [-0.1, -0.05) is 6.92 Å². The number of piperidine rings is 1. The van der Waals surface area contributed by atoms with Crippen LogP contribution in [0.4, 0.5) is 0 Å². The Bertz CT molecular complexity index is 261. The summed E-state index contributed by atoms with van der Waals surface area (Å²) in [7, 11) is 1.77. The molecule has 1 aliphatic rings. The normalized spacial score (nSPS) is 19.6. The summed E-state index contributed by atoms with van der Waals surface area (Å²) in [5.41, 5.74) is 0. The highest BCUT2D eigenvalue weighted by atomic mass is 16.5. The molecule has 4 heteroatoms. The molecule has 0 spiro atoms. The topological polar surface area (TPSA) is 41.6 Å². The van der Waals surface area contributed by atoms with Crippen molar-refractivity contribution < 1.29 is 9.53 Å². The quantitative estimate of drug-likeness (QED) is 0.768. The van der Waals surface area contributed by atoms with E-state index in [1.807, 2.05) is 13.8 Å². The van der Waals surface area contributed by atoms with E-state index in [0.29, 0.717) is 6.54 Å². The van der Waals surface area contributed by atoms with E-state index in [0.717, 1.165) is 38.0 Å². The fourth-order valence-corrected chi connectivity index (χ4v) is 2.79. The number of carbonyl (C=O) groups excluding carboxylic acids is 1. The summed E-state index contributed by atoms with van der Waals surface area (Å²) in [6.45, 7) is 9.84. The van der Waals surface area contributed by atoms with E-state index in [9.17, 15) is 4.79 Å². The molecule has 1 fully saturated rings. The minimum absolute atomic E-state index is 0.154. The molecule has 1 N–H and O–H groups in total. The Morgan fingerprint density at radius 3 is 2.47 bits per heavy atom. The van der Waals surface area contributed by atoms with E-state index in [4.69, 9.17) is 4.74 Å². The highest BCUT2D eigenvalue weighted by Gasteiger charge is 2.24. The summed E-state index contributed by atoms with van der Waals surface area (Å²) < 4.78 is 5.15. The van der Waals surface area contributed by atoms with Crippen molar-refractivity contribution in [2.75, 3.05) is 33.4 Å². The van der Waals surface area contributed by atoms with Crippen LogP contribution in [0.2, 0.25) is 0 Å². The summed E-state index contributed by atoms with van der Waals surface area (Å²) in [4.78, 5) is 14.0. The van der Waals surface area contributed by atoms with Crippen LogP contribution in [0.25, 0.3) is 0 Å². The standard InChI is InChI=1S/C15H30N2O2/c1-12(2)16-15(18)11-17-8-5-14(6-9-17)13(3)7-10-19-4/h12-14H,5-11H2,1-4H3,(H,16,18). The van der Waals surface area contributed by atoms with E-state index >= 15 is 0 Å². The van der Waals surface area contributed by atoms with Gasteiger partial charge in [0.25, 0.3) is 0 Å². The summed E-state index contributed by atoms with van der Waals surface area (Å²) >= 11 is 0. The molecule has 1 rings (SSSR count). The Kier molecular flexibility index (Phi) is 7.39. The first kappa shape index (κ1) is 16.4. The number of hydrogen-bond acceptors (Lipinski definition) is 3. The van der Waals surface area contributed by atoms with Crippen molar-refractivity contribution in [2.24, 2.45) is 11.8 Å². The number of hydrogen-bond donors (Lipinski definition) is 1. The largest absolute Gasteiger partial charge is 0.385 e. The van der Waals surface area contributed by atoms with Crippen LogP contribution < -0.4 is 5.32 Å². The van der Waals surface area contributed by atoms with Crippen molar-refractivity contribution in [1.82, 2.24) is 10.2 Å². The molecular formula is C15H30N2O2. The summed E-state index contributed by atoms with van der Waals surface area (Å²) in [5.74, 6) is 1.67. The third-order valence-electron chi connectivity index (χ3n) is 4.03. The maximum absolute atomic E-state index is 11.7. The van der Waals surface area contributed by atoms with Crippen molar-refractivity contribution in [1.29, 1.82) is 0 Å². The third-order valence-corrected chi connectivity index (χ3v) is 4.03. The number of rotatable bonds is 7. The van der Waals surface area contributed by atoms with Crippen LogP contribution >= 0.6 is 0 Å². The van der Waals surface area contributed by atoms with Crippen LogP contribution in [0.3, 0.4) is 0 Å². The van der Waals surface area contributed by atoms with Crippen molar-refractivity contribution in [3.8, 4) is 0 Å². The van der Waals surface area contributed by atoms with E-state index in [1.54, 1.807) is 7.11 Å². The number of methoxy groups -OCH3 is 1. The first-order chi connectivity index (χ1) is 9.02. The molecular weight excluding hydrogens is 240 g/mol. The molecule has 0 aromatic rings. The molecule has 0 aromatic carbocycles. The van der Waals surface area contributed by atoms with Gasteiger partial charge >= 0.3 is 0 Å². The van der Waals surface area contributed by atoms with Crippen molar-refractivity contribution in [2.45, 2.75) is 46.1 Å². The highest BCUT2D eigenvalue weighted by Crippen LogP contribution is 2.26. The van der Waals surface area contributed by atoms with E-state index < -0.39 is 0 Å². The summed E-state index contributed by atoms with van der Waals surface area (Å²) in [5, 5.41) is 2.95. The lowest BCUT2D eigenvalue weighted by atomic mass is 9.84. The summed E-state index contributed by atoms with van der Waals surface area (Å²) in [6.07, 6.45) is 3.56. The number of nitrogens with one attached hydrogen (secondary N) is 1. The fourth-order valence-electron chi connectivity index (χ4n) is 2.79. The van der Waals surface area contributed by atoms with Gasteiger partial charge in [0.05, 0.1) is 6.54 Å². The Labute approximate surface area is 117 Å². The van der Waals surface area contributed by atoms with Crippen LogP contribution in [0.1, 0.15) is 40.0 Å². The monoisotopic (exact) mass is 270 g/mol. The SMILES string of the molecule is COCCC(C)C1CCN(CC(=O)NC(C)C)CC1. The Morgan fingerprint density at radius 1 is 1.32 bits per heavy atom. The predicted molar refractivity (Wildman–Crippen MR) is 78.1 cm³/mol. The van der Waals surface area contributed by atoms with Crippen LogP contribution in [-0.2, 0) is 9.53 Å². The second kappa shape index (κ2) is 8.54. The van der Waals surface area contributed by atoms with Gasteiger partial charge in [0.15, 0.2) is 0 Å². The van der Waals surface area contributed by atoms with Crippen molar-refractivity contribution in [3.05, 3.63) is 0 Å². The Hall–Kier alpha value is -0.610. The molecule has 1 aliphatic heterocycles. The smallest absolute Gasteiger partial charge is 0.234 e. The molecule has 0 aliphatic carbocycles. The van der Waals surface area contributed by atoms with Gasteiger partial charge in [-0.25, -0.2) is 0 Å². The minimum atomic E-state index is 0.154. The second-order valence-electron chi connectivity index (χ2n) is 6.09. The lowest BCUT2D eigenvalue weighted by Gasteiger charge is -2.34. The van der Waals surface area contributed by atoms with E-state index in [1.165, 1.54) is 12.8 Å². The molecule has 1 atom stereocenters. The Balaban J connectivity index is 2.23. The van der Waals surface area contributed by atoms with Gasteiger partial charge in [-0.15, -0.1) is 0 Å². The summed E-state index contributed by atoms with van der Waals surface area (Å²) in [6, 6.07) is 0.235. The second-order valence-corrected chi connectivity index (χ2v) is 6.09. The van der Waals surface area contributed by atoms with Gasteiger partial charge in [-0.3, -0.25) is 9.69 Å². The molecule has 0 radical (unpaired) electrons. The number of ether oxygens (including phenoxy) is 1. The zero-order chi connectivity index (χ0) is 14.3. The maximum atomic E-state index is 11.7. The van der Waals surface area contributed by atoms with Crippen LogP contribution in [0, 0.1) is 11.8 Å².